The minimum absolute atomic E-state index is 0.0982. The maximum Gasteiger partial charge on any atom is 0.300 e. The van der Waals surface area contributed by atoms with Crippen molar-refractivity contribution in [2.24, 2.45) is 0 Å². The molecule has 0 aliphatic carbocycles. The Bertz CT molecular complexity index is 1350. The molecule has 1 amide bonds. The second-order valence-electron chi connectivity index (χ2n) is 9.54. The summed E-state index contributed by atoms with van der Waals surface area (Å²) in [5, 5.41) is 22.2. The molecule has 4 rings (SSSR count). The van der Waals surface area contributed by atoms with E-state index in [4.69, 9.17) is 4.74 Å². The van der Waals surface area contributed by atoms with Gasteiger partial charge in [-0.3, -0.25) is 24.6 Å². The van der Waals surface area contributed by atoms with Gasteiger partial charge in [-0.2, -0.15) is 0 Å². The highest BCUT2D eigenvalue weighted by atomic mass is 16.6. The van der Waals surface area contributed by atoms with Crippen LogP contribution in [0.2, 0.25) is 0 Å². The topological polar surface area (TPSA) is 110 Å². The number of benzene rings is 3. The minimum Gasteiger partial charge on any atom is -0.507 e. The van der Waals surface area contributed by atoms with Gasteiger partial charge in [0.25, 0.3) is 17.4 Å². The van der Waals surface area contributed by atoms with Gasteiger partial charge in [-0.15, -0.1) is 0 Å². The molecule has 3 aromatic rings. The molecule has 1 N–H and O–H groups in total. The summed E-state index contributed by atoms with van der Waals surface area (Å²) in [7, 11) is 1.53. The molecule has 1 unspecified atom stereocenters. The highest BCUT2D eigenvalue weighted by Gasteiger charge is 2.47. The zero-order chi connectivity index (χ0) is 26.2. The normalized spacial score (nSPS) is 17.3. The molecule has 1 aliphatic heterocycles. The van der Waals surface area contributed by atoms with Crippen molar-refractivity contribution in [2.45, 2.75) is 32.2 Å². The number of Topliss-reactive ketones (excluding diaryl/α,β-unsaturated/α-hetero) is 1. The number of methoxy groups -OCH3 is 1. The van der Waals surface area contributed by atoms with E-state index in [0.29, 0.717) is 17.0 Å². The van der Waals surface area contributed by atoms with Crippen LogP contribution in [-0.2, 0) is 15.0 Å². The molecule has 8 heteroatoms. The summed E-state index contributed by atoms with van der Waals surface area (Å²) in [6, 6.07) is 18.5. The van der Waals surface area contributed by atoms with E-state index in [0.717, 1.165) is 5.56 Å². The summed E-state index contributed by atoms with van der Waals surface area (Å²) in [5.74, 6) is -1.42. The number of amides is 1. The number of anilines is 1. The second-order valence-corrected chi connectivity index (χ2v) is 9.54. The van der Waals surface area contributed by atoms with E-state index in [1.165, 1.54) is 36.3 Å². The van der Waals surface area contributed by atoms with Crippen molar-refractivity contribution < 1.29 is 24.4 Å². The molecule has 0 saturated carbocycles. The van der Waals surface area contributed by atoms with E-state index >= 15 is 0 Å². The summed E-state index contributed by atoms with van der Waals surface area (Å²) >= 11 is 0. The number of hydrogen-bond donors (Lipinski definition) is 1. The van der Waals surface area contributed by atoms with E-state index in [-0.39, 0.29) is 22.2 Å². The zero-order valence-corrected chi connectivity index (χ0v) is 20.4. The van der Waals surface area contributed by atoms with Crippen LogP contribution in [0.3, 0.4) is 0 Å². The van der Waals surface area contributed by atoms with Crippen LogP contribution < -0.4 is 9.64 Å². The molecule has 0 aromatic heterocycles. The Morgan fingerprint density at radius 1 is 0.944 bits per heavy atom. The second kappa shape index (κ2) is 9.30. The van der Waals surface area contributed by atoms with Gasteiger partial charge in [0.2, 0.25) is 0 Å². The van der Waals surface area contributed by atoms with Crippen molar-refractivity contribution in [3.63, 3.8) is 0 Å². The monoisotopic (exact) mass is 486 g/mol. The van der Waals surface area contributed by atoms with Crippen LogP contribution in [0.4, 0.5) is 11.4 Å². The molecule has 0 radical (unpaired) electrons. The number of rotatable bonds is 5. The van der Waals surface area contributed by atoms with E-state index in [2.05, 4.69) is 20.8 Å². The van der Waals surface area contributed by atoms with E-state index in [1.807, 2.05) is 12.1 Å². The molecule has 36 heavy (non-hydrogen) atoms. The SMILES string of the molecule is COc1ccc(C2/C(=C(/O)c3ccc([N+](=O)[O-])cc3)C(=O)C(=O)N2c2ccc(C(C)(C)C)cc2)cc1. The van der Waals surface area contributed by atoms with Gasteiger partial charge in [-0.05, 0) is 52.9 Å². The summed E-state index contributed by atoms with van der Waals surface area (Å²) in [4.78, 5) is 38.4. The number of nitrogens with zero attached hydrogens (tertiary/aromatic N) is 2. The Hall–Kier alpha value is -4.46. The van der Waals surface area contributed by atoms with E-state index in [1.54, 1.807) is 36.4 Å². The number of ketones is 1. The van der Waals surface area contributed by atoms with Gasteiger partial charge in [-0.1, -0.05) is 45.0 Å². The number of ether oxygens (including phenoxy) is 1. The number of carbonyl (C=O) groups excluding carboxylic acids is 2. The zero-order valence-electron chi connectivity index (χ0n) is 20.4. The Balaban J connectivity index is 1.88. The molecule has 8 nitrogen and oxygen atoms in total. The molecule has 3 aromatic carbocycles. The van der Waals surface area contributed by atoms with Crippen LogP contribution in [0.25, 0.3) is 5.76 Å². The fourth-order valence-electron chi connectivity index (χ4n) is 4.22. The van der Waals surface area contributed by atoms with Gasteiger partial charge >= 0.3 is 0 Å². The Morgan fingerprint density at radius 3 is 2.03 bits per heavy atom. The number of aliphatic hydroxyl groups excluding tert-OH is 1. The first-order chi connectivity index (χ1) is 17.0. The number of nitro benzene ring substituents is 1. The number of aliphatic hydroxyl groups is 1. The average molecular weight is 487 g/mol. The summed E-state index contributed by atoms with van der Waals surface area (Å²) < 4.78 is 5.24. The lowest BCUT2D eigenvalue weighted by molar-refractivity contribution is -0.384. The van der Waals surface area contributed by atoms with Gasteiger partial charge in [0, 0.05) is 23.4 Å². The first-order valence-corrected chi connectivity index (χ1v) is 11.3. The first kappa shape index (κ1) is 24.7. The van der Waals surface area contributed by atoms with Crippen molar-refractivity contribution in [3.05, 3.63) is 105 Å². The predicted molar refractivity (Wildman–Crippen MR) is 136 cm³/mol. The highest BCUT2D eigenvalue weighted by Crippen LogP contribution is 2.43. The fraction of sp³-hybridized carbons (Fsp3) is 0.214. The van der Waals surface area contributed by atoms with Crippen molar-refractivity contribution in [2.75, 3.05) is 12.0 Å². The minimum atomic E-state index is -0.911. The highest BCUT2D eigenvalue weighted by molar-refractivity contribution is 6.51. The van der Waals surface area contributed by atoms with Crippen molar-refractivity contribution in [1.29, 1.82) is 0 Å². The molecule has 1 saturated heterocycles. The summed E-state index contributed by atoms with van der Waals surface area (Å²) in [5.41, 5.74) is 2.01. The van der Waals surface area contributed by atoms with Gasteiger partial charge in [-0.25, -0.2) is 0 Å². The van der Waals surface area contributed by atoms with Crippen LogP contribution in [0.15, 0.2) is 78.4 Å². The van der Waals surface area contributed by atoms with Gasteiger partial charge in [0.15, 0.2) is 0 Å². The quantitative estimate of drug-likeness (QED) is 0.167. The van der Waals surface area contributed by atoms with Crippen LogP contribution in [0.1, 0.15) is 43.5 Å². The molecule has 1 heterocycles. The van der Waals surface area contributed by atoms with Crippen LogP contribution >= 0.6 is 0 Å². The van der Waals surface area contributed by atoms with Gasteiger partial charge in [0.05, 0.1) is 23.6 Å². The lowest BCUT2D eigenvalue weighted by Gasteiger charge is -2.27. The standard InChI is InChI=1S/C28H26N2O6/c1-28(2,3)19-9-13-20(14-10-19)29-24(17-7-15-22(36-4)16-8-17)23(26(32)27(29)33)25(31)18-5-11-21(12-6-18)30(34)35/h5-16,24,31H,1-4H3/b25-23-. The maximum atomic E-state index is 13.3. The number of nitro groups is 1. The Kier molecular flexibility index (Phi) is 6.37. The van der Waals surface area contributed by atoms with Crippen molar-refractivity contribution in [1.82, 2.24) is 0 Å². The smallest absolute Gasteiger partial charge is 0.300 e. The largest absolute Gasteiger partial charge is 0.507 e. The van der Waals surface area contributed by atoms with E-state index in [9.17, 15) is 24.8 Å². The molecule has 184 valence electrons. The third-order valence-electron chi connectivity index (χ3n) is 6.24. The number of carbonyl (C=O) groups is 2. The molecule has 1 aliphatic rings. The third kappa shape index (κ3) is 4.45. The van der Waals surface area contributed by atoms with Gasteiger partial charge in [0.1, 0.15) is 11.5 Å². The first-order valence-electron chi connectivity index (χ1n) is 11.3. The average Bonchev–Trinajstić information content (AvgIpc) is 3.13. The predicted octanol–water partition coefficient (Wildman–Crippen LogP) is 5.53. The Morgan fingerprint density at radius 2 is 1.53 bits per heavy atom. The third-order valence-corrected chi connectivity index (χ3v) is 6.24. The lowest BCUT2D eigenvalue weighted by atomic mass is 9.87. The molecular formula is C28H26N2O6. The van der Waals surface area contributed by atoms with Crippen molar-refractivity contribution in [3.8, 4) is 5.75 Å². The number of non-ortho nitro benzene ring substituents is 1. The molecule has 1 fully saturated rings. The molecule has 1 atom stereocenters. The molecule has 0 spiro atoms. The lowest BCUT2D eigenvalue weighted by Crippen LogP contribution is -2.29. The Labute approximate surface area is 208 Å². The molecule has 0 bridgehead atoms. The maximum absolute atomic E-state index is 13.3. The fourth-order valence-corrected chi connectivity index (χ4v) is 4.22. The van der Waals surface area contributed by atoms with Crippen LogP contribution in [-0.4, -0.2) is 28.8 Å². The van der Waals surface area contributed by atoms with Gasteiger partial charge < -0.3 is 9.84 Å². The summed E-state index contributed by atoms with van der Waals surface area (Å²) in [6.45, 7) is 6.24. The summed E-state index contributed by atoms with van der Waals surface area (Å²) in [6.07, 6.45) is 0. The van der Waals surface area contributed by atoms with Crippen LogP contribution in [0, 0.1) is 10.1 Å². The number of hydrogen-bond acceptors (Lipinski definition) is 6. The molecular weight excluding hydrogens is 460 g/mol. The van der Waals surface area contributed by atoms with Crippen LogP contribution in [0.5, 0.6) is 5.75 Å². The van der Waals surface area contributed by atoms with Crippen molar-refractivity contribution >= 4 is 28.8 Å². The van der Waals surface area contributed by atoms with E-state index < -0.39 is 28.4 Å².